The number of hydrogen-bond donors (Lipinski definition) is 3. The number of aliphatic carboxylic acids is 1. The van der Waals surface area contributed by atoms with Gasteiger partial charge in [-0.1, -0.05) is 11.6 Å². The van der Waals surface area contributed by atoms with Gasteiger partial charge in [-0.25, -0.2) is 0 Å². The van der Waals surface area contributed by atoms with Crippen molar-refractivity contribution in [2.75, 3.05) is 11.1 Å². The first-order valence-electron chi connectivity index (χ1n) is 5.98. The normalized spacial score (nSPS) is 10.1. The maximum atomic E-state index is 12.0. The standard InChI is InChI=1S/C14H12ClN3O3/c15-9-3-8(4-10(16)5-9)14(21)18-12-2-1-11(17-7-12)6-13(19)20/h1-5,7H,6,16H2,(H,18,21)(H,19,20). The molecule has 21 heavy (non-hydrogen) atoms. The molecule has 0 fully saturated rings. The number of halogens is 1. The van der Waals surface area contributed by atoms with Crippen LogP contribution in [0.2, 0.25) is 5.02 Å². The van der Waals surface area contributed by atoms with Crippen LogP contribution in [-0.4, -0.2) is 22.0 Å². The van der Waals surface area contributed by atoms with Crippen molar-refractivity contribution in [3.05, 3.63) is 52.8 Å². The Hall–Kier alpha value is -2.60. The van der Waals surface area contributed by atoms with Crippen LogP contribution in [0.25, 0.3) is 0 Å². The van der Waals surface area contributed by atoms with Crippen molar-refractivity contribution >= 4 is 34.9 Å². The first kappa shape index (κ1) is 14.8. The van der Waals surface area contributed by atoms with E-state index in [0.717, 1.165) is 0 Å². The van der Waals surface area contributed by atoms with Gasteiger partial charge in [-0.2, -0.15) is 0 Å². The summed E-state index contributed by atoms with van der Waals surface area (Å²) in [6.45, 7) is 0. The molecule has 0 aliphatic heterocycles. The number of rotatable bonds is 4. The fourth-order valence-corrected chi connectivity index (χ4v) is 1.95. The molecule has 108 valence electrons. The highest BCUT2D eigenvalue weighted by Crippen LogP contribution is 2.18. The Balaban J connectivity index is 2.10. The Bertz CT molecular complexity index is 666. The molecule has 4 N–H and O–H groups in total. The second-order valence-corrected chi connectivity index (χ2v) is 4.77. The lowest BCUT2D eigenvalue weighted by molar-refractivity contribution is -0.136. The summed E-state index contributed by atoms with van der Waals surface area (Å²) in [6, 6.07) is 7.67. The first-order chi connectivity index (χ1) is 9.94. The number of nitrogen functional groups attached to an aromatic ring is 1. The summed E-state index contributed by atoms with van der Waals surface area (Å²) in [4.78, 5) is 26.5. The Kier molecular flexibility index (Phi) is 4.39. The van der Waals surface area contributed by atoms with Gasteiger partial charge >= 0.3 is 5.97 Å². The average molecular weight is 306 g/mol. The third-order valence-electron chi connectivity index (χ3n) is 2.60. The third-order valence-corrected chi connectivity index (χ3v) is 2.82. The lowest BCUT2D eigenvalue weighted by atomic mass is 10.2. The Labute approximate surface area is 125 Å². The second kappa shape index (κ2) is 6.23. The van der Waals surface area contributed by atoms with Crippen molar-refractivity contribution in [2.24, 2.45) is 0 Å². The number of nitrogens with zero attached hydrogens (tertiary/aromatic N) is 1. The summed E-state index contributed by atoms with van der Waals surface area (Å²) in [6.07, 6.45) is 1.23. The molecule has 1 aromatic heterocycles. The Morgan fingerprint density at radius 1 is 1.29 bits per heavy atom. The number of pyridine rings is 1. The fraction of sp³-hybridized carbons (Fsp3) is 0.0714. The molecule has 1 amide bonds. The molecule has 7 heteroatoms. The van der Waals surface area contributed by atoms with Gasteiger partial charge in [-0.15, -0.1) is 0 Å². The van der Waals surface area contributed by atoms with E-state index in [-0.39, 0.29) is 12.3 Å². The van der Waals surface area contributed by atoms with Gasteiger partial charge in [-0.05, 0) is 30.3 Å². The van der Waals surface area contributed by atoms with Crippen LogP contribution in [0.1, 0.15) is 16.1 Å². The monoisotopic (exact) mass is 305 g/mol. The van der Waals surface area contributed by atoms with Crippen LogP contribution in [-0.2, 0) is 11.2 Å². The predicted octanol–water partition coefficient (Wildman–Crippen LogP) is 2.20. The summed E-state index contributed by atoms with van der Waals surface area (Å²) in [5.41, 5.74) is 7.21. The van der Waals surface area contributed by atoms with E-state index >= 15 is 0 Å². The van der Waals surface area contributed by atoms with E-state index in [1.54, 1.807) is 12.1 Å². The van der Waals surface area contributed by atoms with Crippen molar-refractivity contribution < 1.29 is 14.7 Å². The third kappa shape index (κ3) is 4.19. The maximum Gasteiger partial charge on any atom is 0.309 e. The van der Waals surface area contributed by atoms with Gasteiger partial charge in [0.2, 0.25) is 0 Å². The molecule has 1 heterocycles. The molecule has 2 rings (SSSR count). The molecule has 0 bridgehead atoms. The molecule has 0 unspecified atom stereocenters. The highest BCUT2D eigenvalue weighted by Gasteiger charge is 2.09. The van der Waals surface area contributed by atoms with Crippen LogP contribution < -0.4 is 11.1 Å². The molecule has 0 saturated carbocycles. The van der Waals surface area contributed by atoms with E-state index in [0.29, 0.717) is 27.7 Å². The van der Waals surface area contributed by atoms with E-state index in [1.807, 2.05) is 0 Å². The predicted molar refractivity (Wildman–Crippen MR) is 79.4 cm³/mol. The molecule has 0 saturated heterocycles. The topological polar surface area (TPSA) is 105 Å². The van der Waals surface area contributed by atoms with Crippen LogP contribution in [0.4, 0.5) is 11.4 Å². The number of nitrogens with one attached hydrogen (secondary N) is 1. The summed E-state index contributed by atoms with van der Waals surface area (Å²) in [5.74, 6) is -1.34. The zero-order chi connectivity index (χ0) is 15.4. The van der Waals surface area contributed by atoms with Crippen molar-refractivity contribution in [1.29, 1.82) is 0 Å². The zero-order valence-corrected chi connectivity index (χ0v) is 11.6. The summed E-state index contributed by atoms with van der Waals surface area (Å²) in [5, 5.41) is 11.6. The highest BCUT2D eigenvalue weighted by molar-refractivity contribution is 6.31. The van der Waals surface area contributed by atoms with Gasteiger partial charge in [0.1, 0.15) is 0 Å². The van der Waals surface area contributed by atoms with Crippen LogP contribution in [0.15, 0.2) is 36.5 Å². The first-order valence-corrected chi connectivity index (χ1v) is 6.36. The maximum absolute atomic E-state index is 12.0. The van der Waals surface area contributed by atoms with E-state index in [1.165, 1.54) is 24.4 Å². The second-order valence-electron chi connectivity index (χ2n) is 4.34. The van der Waals surface area contributed by atoms with Gasteiger partial charge in [0.15, 0.2) is 0 Å². The molecular formula is C14H12ClN3O3. The average Bonchev–Trinajstić information content (AvgIpc) is 2.39. The van der Waals surface area contributed by atoms with Crippen LogP contribution in [0, 0.1) is 0 Å². The number of amides is 1. The highest BCUT2D eigenvalue weighted by atomic mass is 35.5. The van der Waals surface area contributed by atoms with Crippen LogP contribution >= 0.6 is 11.6 Å². The Morgan fingerprint density at radius 3 is 2.62 bits per heavy atom. The summed E-state index contributed by atoms with van der Waals surface area (Å²) in [7, 11) is 0. The van der Waals surface area contributed by atoms with Crippen molar-refractivity contribution in [3.8, 4) is 0 Å². The summed E-state index contributed by atoms with van der Waals surface area (Å²) >= 11 is 5.84. The number of carboxylic acid groups (broad SMARTS) is 1. The number of nitrogens with two attached hydrogens (primary N) is 1. The molecule has 6 nitrogen and oxygen atoms in total. The number of aromatic nitrogens is 1. The SMILES string of the molecule is Nc1cc(Cl)cc(C(=O)Nc2ccc(CC(=O)O)nc2)c1. The molecule has 0 aliphatic carbocycles. The van der Waals surface area contributed by atoms with Gasteiger partial charge in [0.25, 0.3) is 5.91 Å². The molecule has 0 aliphatic rings. The molecule has 0 atom stereocenters. The van der Waals surface area contributed by atoms with E-state index < -0.39 is 5.97 Å². The molecule has 0 spiro atoms. The fourth-order valence-electron chi connectivity index (χ4n) is 1.70. The largest absolute Gasteiger partial charge is 0.481 e. The van der Waals surface area contributed by atoms with Gasteiger partial charge in [-0.3, -0.25) is 14.6 Å². The van der Waals surface area contributed by atoms with Crippen molar-refractivity contribution in [3.63, 3.8) is 0 Å². The van der Waals surface area contributed by atoms with E-state index in [4.69, 9.17) is 22.4 Å². The van der Waals surface area contributed by atoms with Crippen molar-refractivity contribution in [1.82, 2.24) is 4.98 Å². The van der Waals surface area contributed by atoms with Crippen LogP contribution in [0.3, 0.4) is 0 Å². The van der Waals surface area contributed by atoms with Crippen LogP contribution in [0.5, 0.6) is 0 Å². The zero-order valence-electron chi connectivity index (χ0n) is 10.8. The molecule has 0 radical (unpaired) electrons. The van der Waals surface area contributed by atoms with Gasteiger partial charge in [0.05, 0.1) is 24.0 Å². The quantitative estimate of drug-likeness (QED) is 0.751. The van der Waals surface area contributed by atoms with E-state index in [9.17, 15) is 9.59 Å². The lowest BCUT2D eigenvalue weighted by Crippen LogP contribution is -2.12. The van der Waals surface area contributed by atoms with E-state index in [2.05, 4.69) is 10.3 Å². The number of carboxylic acids is 1. The number of benzene rings is 1. The lowest BCUT2D eigenvalue weighted by Gasteiger charge is -2.07. The number of anilines is 2. The molecule has 2 aromatic rings. The number of carbonyl (C=O) groups is 2. The minimum atomic E-state index is -0.964. The molecular weight excluding hydrogens is 294 g/mol. The van der Waals surface area contributed by atoms with Crippen molar-refractivity contribution in [2.45, 2.75) is 6.42 Å². The Morgan fingerprint density at radius 2 is 2.05 bits per heavy atom. The van der Waals surface area contributed by atoms with Gasteiger partial charge < -0.3 is 16.2 Å². The smallest absolute Gasteiger partial charge is 0.309 e. The minimum Gasteiger partial charge on any atom is -0.481 e. The minimum absolute atomic E-state index is 0.168. The number of carbonyl (C=O) groups excluding carboxylic acids is 1. The molecule has 1 aromatic carbocycles. The summed E-state index contributed by atoms with van der Waals surface area (Å²) < 4.78 is 0. The van der Waals surface area contributed by atoms with Gasteiger partial charge in [0, 0.05) is 16.3 Å². The number of hydrogen-bond acceptors (Lipinski definition) is 4.